The van der Waals surface area contributed by atoms with Crippen LogP contribution >= 0.6 is 0 Å². The monoisotopic (exact) mass is 315 g/mol. The number of aromatic nitrogens is 2. The number of rotatable bonds is 3. The van der Waals surface area contributed by atoms with Crippen LogP contribution in [0.1, 0.15) is 58.1 Å². The Kier molecular flexibility index (Phi) is 3.05. The summed E-state index contributed by atoms with van der Waals surface area (Å²) in [6, 6.07) is 2.01. The van der Waals surface area contributed by atoms with Gasteiger partial charge in [0, 0.05) is 20.3 Å². The van der Waals surface area contributed by atoms with Gasteiger partial charge in [0.2, 0.25) is 5.91 Å². The molecule has 2 unspecified atom stereocenters. The van der Waals surface area contributed by atoms with E-state index >= 15 is 0 Å². The summed E-state index contributed by atoms with van der Waals surface area (Å²) in [4.78, 5) is 15.3. The summed E-state index contributed by atoms with van der Waals surface area (Å²) < 4.78 is 1.81. The molecule has 4 bridgehead atoms. The van der Waals surface area contributed by atoms with Crippen LogP contribution in [0.15, 0.2) is 12.3 Å². The number of carbonyl (C=O) groups excluding carboxylic acids is 1. The zero-order valence-corrected chi connectivity index (χ0v) is 14.9. The molecular formula is C19H29N3O. The van der Waals surface area contributed by atoms with Crippen LogP contribution in [0.3, 0.4) is 0 Å². The van der Waals surface area contributed by atoms with Gasteiger partial charge in [-0.3, -0.25) is 9.48 Å². The second-order valence-corrected chi connectivity index (χ2v) is 9.55. The Balaban J connectivity index is 1.58. The number of hydrogen-bond acceptors (Lipinski definition) is 2. The van der Waals surface area contributed by atoms with Gasteiger partial charge in [-0.1, -0.05) is 13.8 Å². The van der Waals surface area contributed by atoms with E-state index in [1.54, 1.807) is 4.68 Å². The van der Waals surface area contributed by atoms with Crippen molar-refractivity contribution in [3.8, 4) is 0 Å². The molecular weight excluding hydrogens is 286 g/mol. The van der Waals surface area contributed by atoms with Crippen LogP contribution in [-0.4, -0.2) is 27.6 Å². The van der Waals surface area contributed by atoms with Gasteiger partial charge in [0.15, 0.2) is 0 Å². The van der Waals surface area contributed by atoms with Crippen molar-refractivity contribution in [1.82, 2.24) is 14.7 Å². The maximum Gasteiger partial charge on any atom is 0.228 e. The molecule has 0 saturated heterocycles. The molecule has 0 aliphatic heterocycles. The molecule has 4 saturated carbocycles. The number of aryl methyl sites for hydroxylation is 1. The predicted octanol–water partition coefficient (Wildman–Crippen LogP) is 3.38. The summed E-state index contributed by atoms with van der Waals surface area (Å²) in [5.74, 6) is 1.12. The summed E-state index contributed by atoms with van der Waals surface area (Å²) >= 11 is 0. The van der Waals surface area contributed by atoms with Gasteiger partial charge in [0.25, 0.3) is 0 Å². The van der Waals surface area contributed by atoms with Gasteiger partial charge in [-0.15, -0.1) is 0 Å². The predicted molar refractivity (Wildman–Crippen MR) is 89.5 cm³/mol. The highest BCUT2D eigenvalue weighted by molar-refractivity contribution is 5.83. The van der Waals surface area contributed by atoms with Crippen molar-refractivity contribution in [1.29, 1.82) is 0 Å². The molecule has 1 amide bonds. The van der Waals surface area contributed by atoms with Crippen molar-refractivity contribution in [3.63, 3.8) is 0 Å². The third-order valence-corrected chi connectivity index (χ3v) is 6.59. The third-order valence-electron chi connectivity index (χ3n) is 6.59. The van der Waals surface area contributed by atoms with Crippen LogP contribution in [0, 0.1) is 22.2 Å². The van der Waals surface area contributed by atoms with Crippen molar-refractivity contribution in [2.45, 2.75) is 58.9 Å². The fourth-order valence-corrected chi connectivity index (χ4v) is 6.95. The minimum atomic E-state index is -0.105. The first kappa shape index (κ1) is 15.2. The molecule has 4 atom stereocenters. The van der Waals surface area contributed by atoms with Crippen molar-refractivity contribution in [3.05, 3.63) is 18.0 Å². The molecule has 23 heavy (non-hydrogen) atoms. The summed E-state index contributed by atoms with van der Waals surface area (Å²) in [6.45, 7) is 5.48. The largest absolute Gasteiger partial charge is 0.339 e. The van der Waals surface area contributed by atoms with Gasteiger partial charge in [0.05, 0.1) is 17.7 Å². The SMILES string of the molecule is CN(Cc1ccn(C)n1)C(=O)C12CC3C[C@@](C)(C1)C[C@](C)(C3)C2. The summed E-state index contributed by atoms with van der Waals surface area (Å²) in [6.07, 6.45) is 9.23. The van der Waals surface area contributed by atoms with Crippen LogP contribution in [-0.2, 0) is 18.4 Å². The number of nitrogens with zero attached hydrogens (tertiary/aromatic N) is 3. The Labute approximate surface area is 139 Å². The molecule has 5 rings (SSSR count). The molecule has 0 N–H and O–H groups in total. The Bertz CT molecular complexity index is 631. The molecule has 4 aliphatic carbocycles. The van der Waals surface area contributed by atoms with E-state index in [1.165, 1.54) is 19.3 Å². The zero-order valence-electron chi connectivity index (χ0n) is 14.9. The van der Waals surface area contributed by atoms with Gasteiger partial charge in [-0.2, -0.15) is 5.10 Å². The standard InChI is InChI=1S/C19H29N3O/c1-17-7-14-8-18(2,11-17)13-19(9-14,12-17)16(23)21(3)10-15-5-6-22(4)20-15/h5-6,14H,7-13H2,1-4H3/t14?,17-,18+,19?. The maximum absolute atomic E-state index is 13.4. The van der Waals surface area contributed by atoms with Crippen LogP contribution in [0.5, 0.6) is 0 Å². The van der Waals surface area contributed by atoms with Gasteiger partial charge < -0.3 is 4.90 Å². The molecule has 4 fully saturated rings. The highest BCUT2D eigenvalue weighted by atomic mass is 16.2. The van der Waals surface area contributed by atoms with E-state index in [0.717, 1.165) is 30.9 Å². The van der Waals surface area contributed by atoms with Crippen molar-refractivity contribution < 1.29 is 4.79 Å². The Hall–Kier alpha value is -1.32. The minimum Gasteiger partial charge on any atom is -0.339 e. The summed E-state index contributed by atoms with van der Waals surface area (Å²) in [5, 5.41) is 4.43. The van der Waals surface area contributed by atoms with E-state index in [0.29, 0.717) is 23.3 Å². The van der Waals surface area contributed by atoms with E-state index in [2.05, 4.69) is 18.9 Å². The van der Waals surface area contributed by atoms with Gasteiger partial charge in [-0.25, -0.2) is 0 Å². The Morgan fingerprint density at radius 3 is 2.43 bits per heavy atom. The first-order valence-electron chi connectivity index (χ1n) is 8.95. The molecule has 126 valence electrons. The second kappa shape index (κ2) is 4.61. The normalized spacial score (nSPS) is 41.3. The highest BCUT2D eigenvalue weighted by Gasteiger charge is 2.63. The lowest BCUT2D eigenvalue weighted by atomic mass is 9.40. The van der Waals surface area contributed by atoms with Crippen LogP contribution in [0.4, 0.5) is 0 Å². The quantitative estimate of drug-likeness (QED) is 0.857. The maximum atomic E-state index is 13.4. The first-order chi connectivity index (χ1) is 10.7. The van der Waals surface area contributed by atoms with E-state index < -0.39 is 0 Å². The average Bonchev–Trinajstić information content (AvgIpc) is 2.79. The summed E-state index contributed by atoms with van der Waals surface area (Å²) in [5.41, 5.74) is 1.64. The van der Waals surface area contributed by atoms with E-state index in [4.69, 9.17) is 0 Å². The number of amides is 1. The lowest BCUT2D eigenvalue weighted by Gasteiger charge is -2.65. The van der Waals surface area contributed by atoms with Crippen LogP contribution < -0.4 is 0 Å². The van der Waals surface area contributed by atoms with Crippen molar-refractivity contribution in [2.75, 3.05) is 7.05 Å². The smallest absolute Gasteiger partial charge is 0.228 e. The topological polar surface area (TPSA) is 38.1 Å². The number of hydrogen-bond donors (Lipinski definition) is 0. The van der Waals surface area contributed by atoms with E-state index in [-0.39, 0.29) is 5.41 Å². The van der Waals surface area contributed by atoms with Gasteiger partial charge in [0.1, 0.15) is 0 Å². The molecule has 4 heteroatoms. The molecule has 0 aromatic carbocycles. The Morgan fingerprint density at radius 1 is 1.26 bits per heavy atom. The van der Waals surface area contributed by atoms with Crippen LogP contribution in [0.25, 0.3) is 0 Å². The molecule has 0 radical (unpaired) electrons. The zero-order chi connectivity index (χ0) is 16.5. The van der Waals surface area contributed by atoms with Crippen molar-refractivity contribution >= 4 is 5.91 Å². The third kappa shape index (κ3) is 2.41. The molecule has 1 aromatic rings. The molecule has 0 spiro atoms. The molecule has 1 heterocycles. The fraction of sp³-hybridized carbons (Fsp3) is 0.789. The highest BCUT2D eigenvalue weighted by Crippen LogP contribution is 2.69. The molecule has 1 aromatic heterocycles. The lowest BCUT2D eigenvalue weighted by molar-refractivity contribution is -0.178. The second-order valence-electron chi connectivity index (χ2n) is 9.55. The average molecular weight is 315 g/mol. The Morgan fingerprint density at radius 2 is 1.91 bits per heavy atom. The van der Waals surface area contributed by atoms with Crippen LogP contribution in [0.2, 0.25) is 0 Å². The summed E-state index contributed by atoms with van der Waals surface area (Å²) in [7, 11) is 3.88. The number of carbonyl (C=O) groups is 1. The fourth-order valence-electron chi connectivity index (χ4n) is 6.95. The lowest BCUT2D eigenvalue weighted by Crippen LogP contribution is -2.59. The van der Waals surface area contributed by atoms with E-state index in [9.17, 15) is 4.79 Å². The molecule has 4 aliphatic rings. The van der Waals surface area contributed by atoms with Gasteiger partial charge in [-0.05, 0) is 61.3 Å². The van der Waals surface area contributed by atoms with Gasteiger partial charge >= 0.3 is 0 Å². The first-order valence-corrected chi connectivity index (χ1v) is 8.95. The van der Waals surface area contributed by atoms with E-state index in [1.807, 2.05) is 31.3 Å². The van der Waals surface area contributed by atoms with Crippen molar-refractivity contribution in [2.24, 2.45) is 29.2 Å². The minimum absolute atomic E-state index is 0.105. The molecule has 4 nitrogen and oxygen atoms in total.